The van der Waals surface area contributed by atoms with Crippen LogP contribution in [0.15, 0.2) is 60.7 Å². The van der Waals surface area contributed by atoms with E-state index in [1.54, 1.807) is 60.7 Å². The highest BCUT2D eigenvalue weighted by Gasteiger charge is 2.11. The Bertz CT molecular complexity index is 508. The fourth-order valence-corrected chi connectivity index (χ4v) is 1.33. The van der Waals surface area contributed by atoms with Gasteiger partial charge >= 0.3 is 12.2 Å². The molecule has 0 fully saturated rings. The molecule has 0 atom stereocenters. The van der Waals surface area contributed by atoms with E-state index in [0.717, 1.165) is 0 Å². The topological polar surface area (TPSA) is 64.6 Å². The van der Waals surface area contributed by atoms with Gasteiger partial charge in [-0.1, -0.05) is 36.4 Å². The van der Waals surface area contributed by atoms with Crippen LogP contribution in [0.5, 0.6) is 11.5 Å². The summed E-state index contributed by atoms with van der Waals surface area (Å²) >= 11 is 0. The van der Waals surface area contributed by atoms with E-state index >= 15 is 0 Å². The predicted molar refractivity (Wildman–Crippen MR) is 70.2 cm³/mol. The van der Waals surface area contributed by atoms with E-state index in [4.69, 9.17) is 9.47 Å². The van der Waals surface area contributed by atoms with E-state index < -0.39 is 12.2 Å². The maximum Gasteiger partial charge on any atom is 0.422 e. The van der Waals surface area contributed by atoms with Crippen molar-refractivity contribution in [2.45, 2.75) is 0 Å². The van der Waals surface area contributed by atoms with E-state index in [-0.39, 0.29) is 1.43 Å². The van der Waals surface area contributed by atoms with Crippen LogP contribution in [0.3, 0.4) is 0 Å². The highest BCUT2D eigenvalue weighted by molar-refractivity contribution is 5.89. The first-order chi connectivity index (χ1) is 9.24. The van der Waals surface area contributed by atoms with Crippen molar-refractivity contribution in [1.82, 2.24) is 5.32 Å². The van der Waals surface area contributed by atoms with Crippen molar-refractivity contribution >= 4 is 12.2 Å². The van der Waals surface area contributed by atoms with E-state index in [9.17, 15) is 9.59 Å². The molecular formula is C14H13NO4. The standard InChI is InChI=1S/C14H11NO4.H2/c16-13(18-11-7-3-1-4-8-11)15-14(17)19-12-9-5-2-6-10-12;/h1-10H,(H,15,16,17);1H. The van der Waals surface area contributed by atoms with Gasteiger partial charge in [-0.05, 0) is 24.3 Å². The first-order valence-corrected chi connectivity index (χ1v) is 5.55. The predicted octanol–water partition coefficient (Wildman–Crippen LogP) is 3.22. The first kappa shape index (κ1) is 12.6. The molecule has 19 heavy (non-hydrogen) atoms. The van der Waals surface area contributed by atoms with Crippen LogP contribution < -0.4 is 14.8 Å². The summed E-state index contributed by atoms with van der Waals surface area (Å²) in [7, 11) is 0. The molecule has 0 saturated carbocycles. The minimum atomic E-state index is -0.896. The van der Waals surface area contributed by atoms with Crippen molar-refractivity contribution in [3.63, 3.8) is 0 Å². The van der Waals surface area contributed by atoms with Crippen molar-refractivity contribution < 1.29 is 20.5 Å². The largest absolute Gasteiger partial charge is 0.422 e. The Labute approximate surface area is 111 Å². The average Bonchev–Trinajstić information content (AvgIpc) is 2.40. The highest BCUT2D eigenvalue weighted by Crippen LogP contribution is 2.09. The summed E-state index contributed by atoms with van der Waals surface area (Å²) in [4.78, 5) is 22.8. The lowest BCUT2D eigenvalue weighted by Gasteiger charge is -2.06. The second-order valence-corrected chi connectivity index (χ2v) is 3.53. The molecule has 0 aliphatic heterocycles. The number of carbonyl (C=O) groups is 2. The van der Waals surface area contributed by atoms with Crippen LogP contribution in [-0.2, 0) is 0 Å². The van der Waals surface area contributed by atoms with Crippen molar-refractivity contribution in [2.75, 3.05) is 0 Å². The zero-order valence-electron chi connectivity index (χ0n) is 9.91. The molecule has 2 amide bonds. The lowest BCUT2D eigenvalue weighted by Crippen LogP contribution is -2.35. The van der Waals surface area contributed by atoms with Gasteiger partial charge in [-0.15, -0.1) is 0 Å². The van der Waals surface area contributed by atoms with Crippen LogP contribution in [0.25, 0.3) is 0 Å². The molecule has 0 radical (unpaired) electrons. The van der Waals surface area contributed by atoms with E-state index in [1.807, 2.05) is 5.32 Å². The van der Waals surface area contributed by atoms with E-state index in [0.29, 0.717) is 11.5 Å². The van der Waals surface area contributed by atoms with E-state index in [1.165, 1.54) is 0 Å². The quantitative estimate of drug-likeness (QED) is 0.899. The van der Waals surface area contributed by atoms with Crippen molar-refractivity contribution in [1.29, 1.82) is 0 Å². The number of hydrogen-bond donors (Lipinski definition) is 1. The van der Waals surface area contributed by atoms with Gasteiger partial charge in [-0.25, -0.2) is 14.9 Å². The second kappa shape index (κ2) is 6.20. The molecule has 0 aromatic heterocycles. The van der Waals surface area contributed by atoms with Crippen molar-refractivity contribution in [3.8, 4) is 11.5 Å². The van der Waals surface area contributed by atoms with Gasteiger partial charge in [0, 0.05) is 1.43 Å². The zero-order chi connectivity index (χ0) is 13.5. The van der Waals surface area contributed by atoms with E-state index in [2.05, 4.69) is 0 Å². The molecule has 1 N–H and O–H groups in total. The van der Waals surface area contributed by atoms with Gasteiger partial charge in [-0.3, -0.25) is 0 Å². The molecule has 5 nitrogen and oxygen atoms in total. The molecule has 0 heterocycles. The van der Waals surface area contributed by atoms with Crippen molar-refractivity contribution in [2.24, 2.45) is 0 Å². The highest BCUT2D eigenvalue weighted by atomic mass is 16.6. The summed E-state index contributed by atoms with van der Waals surface area (Å²) < 4.78 is 9.74. The number of ether oxygens (including phenoxy) is 2. The monoisotopic (exact) mass is 259 g/mol. The minimum Gasteiger partial charge on any atom is -0.410 e. The number of para-hydroxylation sites is 2. The zero-order valence-corrected chi connectivity index (χ0v) is 9.91. The lowest BCUT2D eigenvalue weighted by atomic mass is 10.3. The number of amides is 2. The summed E-state index contributed by atoms with van der Waals surface area (Å²) in [6, 6.07) is 16.8. The summed E-state index contributed by atoms with van der Waals surface area (Å²) in [6.07, 6.45) is -1.79. The molecule has 0 aliphatic carbocycles. The molecule has 2 aromatic rings. The molecule has 2 rings (SSSR count). The van der Waals surface area contributed by atoms with Crippen LogP contribution in [0.1, 0.15) is 1.43 Å². The molecule has 2 aromatic carbocycles. The second-order valence-electron chi connectivity index (χ2n) is 3.53. The molecule has 98 valence electrons. The van der Waals surface area contributed by atoms with Crippen LogP contribution in [0.4, 0.5) is 9.59 Å². The number of benzene rings is 2. The Morgan fingerprint density at radius 1 is 0.737 bits per heavy atom. The Kier molecular flexibility index (Phi) is 4.12. The normalized spacial score (nSPS) is 9.47. The minimum absolute atomic E-state index is 0. The Balaban J connectivity index is 0.00000200. The third-order valence-corrected chi connectivity index (χ3v) is 2.11. The molecule has 0 saturated heterocycles. The van der Waals surface area contributed by atoms with Gasteiger partial charge in [0.15, 0.2) is 0 Å². The lowest BCUT2D eigenvalue weighted by molar-refractivity contribution is 0.181. The molecule has 0 unspecified atom stereocenters. The molecule has 0 aliphatic rings. The van der Waals surface area contributed by atoms with Gasteiger partial charge in [0.1, 0.15) is 11.5 Å². The number of rotatable bonds is 2. The Morgan fingerprint density at radius 2 is 1.11 bits per heavy atom. The van der Waals surface area contributed by atoms with Crippen LogP contribution >= 0.6 is 0 Å². The summed E-state index contributed by atoms with van der Waals surface area (Å²) in [6.45, 7) is 0. The molecule has 0 bridgehead atoms. The van der Waals surface area contributed by atoms with Gasteiger partial charge in [0.2, 0.25) is 0 Å². The van der Waals surface area contributed by atoms with Gasteiger partial charge in [0.05, 0.1) is 0 Å². The molecule has 5 heteroatoms. The number of hydrogen-bond acceptors (Lipinski definition) is 4. The Morgan fingerprint density at radius 3 is 1.47 bits per heavy atom. The Hall–Kier alpha value is -2.82. The van der Waals surface area contributed by atoms with Gasteiger partial charge < -0.3 is 9.47 Å². The van der Waals surface area contributed by atoms with Gasteiger partial charge in [-0.2, -0.15) is 0 Å². The fraction of sp³-hybridized carbons (Fsp3) is 0. The summed E-state index contributed by atoms with van der Waals surface area (Å²) in [5, 5.41) is 1.95. The SMILES string of the molecule is O=C(NC(=O)Oc1ccccc1)Oc1ccccc1.[HH]. The third kappa shape index (κ3) is 4.16. The number of carbonyl (C=O) groups excluding carboxylic acids is 2. The fourth-order valence-electron chi connectivity index (χ4n) is 1.33. The van der Waals surface area contributed by atoms with Gasteiger partial charge in [0.25, 0.3) is 0 Å². The van der Waals surface area contributed by atoms with Crippen LogP contribution in [0.2, 0.25) is 0 Å². The average molecular weight is 259 g/mol. The smallest absolute Gasteiger partial charge is 0.410 e. The maximum atomic E-state index is 11.4. The first-order valence-electron chi connectivity index (χ1n) is 5.55. The summed E-state index contributed by atoms with van der Waals surface area (Å²) in [5.74, 6) is 0.681. The van der Waals surface area contributed by atoms with Crippen LogP contribution in [0, 0.1) is 0 Å². The molecule has 0 spiro atoms. The number of imide groups is 1. The third-order valence-electron chi connectivity index (χ3n) is 2.11. The molecular weight excluding hydrogens is 246 g/mol. The summed E-state index contributed by atoms with van der Waals surface area (Å²) in [5.41, 5.74) is 0. The van der Waals surface area contributed by atoms with Crippen LogP contribution in [-0.4, -0.2) is 12.2 Å². The number of nitrogens with one attached hydrogen (secondary N) is 1. The van der Waals surface area contributed by atoms with Crippen molar-refractivity contribution in [3.05, 3.63) is 60.7 Å². The maximum absolute atomic E-state index is 11.4.